The Morgan fingerprint density at radius 1 is 0.583 bits per heavy atom. The number of hydrogen-bond donors (Lipinski definition) is 0. The topological polar surface area (TPSA) is 35.6 Å². The van der Waals surface area contributed by atoms with Crippen LogP contribution < -0.4 is 0 Å². The summed E-state index contributed by atoms with van der Waals surface area (Å²) in [4.78, 5) is 10.2. The molecule has 2 aromatic heterocycles. The Hall–Kier alpha value is -4.18. The largest absolute Gasteiger partial charge is 0.296 e. The Labute approximate surface area is 211 Å². The molecule has 2 heterocycles. The smallest absolute Gasteiger partial charge is 0.146 e. The molecule has 0 aliphatic carbocycles. The van der Waals surface area contributed by atoms with E-state index in [1.165, 1.54) is 16.7 Å². The predicted octanol–water partition coefficient (Wildman–Crippen LogP) is 7.95. The van der Waals surface area contributed by atoms with Crippen molar-refractivity contribution in [1.82, 2.24) is 19.1 Å². The van der Waals surface area contributed by atoms with Crippen LogP contribution >= 0.6 is 0 Å². The number of aryl methyl sites for hydroxylation is 2. The summed E-state index contributed by atoms with van der Waals surface area (Å²) in [6.07, 6.45) is 0. The maximum Gasteiger partial charge on any atom is 0.146 e. The van der Waals surface area contributed by atoms with E-state index in [1.807, 2.05) is 0 Å². The van der Waals surface area contributed by atoms with E-state index in [0.29, 0.717) is 0 Å². The second-order valence-electron chi connectivity index (χ2n) is 10.6. The number of benzene rings is 4. The maximum absolute atomic E-state index is 5.12. The highest BCUT2D eigenvalue weighted by Gasteiger charge is 2.24. The van der Waals surface area contributed by atoms with Crippen LogP contribution in [0.25, 0.3) is 44.8 Å². The number of imidazole rings is 2. The molecule has 0 fully saturated rings. The minimum absolute atomic E-state index is 0.111. The van der Waals surface area contributed by atoms with Gasteiger partial charge in [-0.2, -0.15) is 0 Å². The van der Waals surface area contributed by atoms with Gasteiger partial charge in [-0.15, -0.1) is 0 Å². The van der Waals surface area contributed by atoms with Gasteiger partial charge < -0.3 is 0 Å². The van der Waals surface area contributed by atoms with E-state index in [0.717, 1.165) is 45.1 Å². The van der Waals surface area contributed by atoms with Gasteiger partial charge in [-0.3, -0.25) is 9.13 Å². The highest BCUT2D eigenvalue weighted by Crippen LogP contribution is 2.34. The van der Waals surface area contributed by atoms with Crippen LogP contribution in [0.4, 0.5) is 0 Å². The Balaban J connectivity index is 1.64. The molecule has 0 amide bonds. The quantitative estimate of drug-likeness (QED) is 0.263. The van der Waals surface area contributed by atoms with Crippen molar-refractivity contribution in [3.05, 3.63) is 108 Å². The summed E-state index contributed by atoms with van der Waals surface area (Å²) >= 11 is 0. The third kappa shape index (κ3) is 3.53. The molecule has 0 N–H and O–H groups in total. The zero-order valence-electron chi connectivity index (χ0n) is 21.4. The summed E-state index contributed by atoms with van der Waals surface area (Å²) in [5, 5.41) is 0. The molecule has 6 rings (SSSR count). The molecule has 4 nitrogen and oxygen atoms in total. The minimum atomic E-state index is -0.111. The summed E-state index contributed by atoms with van der Waals surface area (Å²) in [7, 11) is 0. The van der Waals surface area contributed by atoms with Crippen LogP contribution in [0.5, 0.6) is 0 Å². The molecule has 0 saturated carbocycles. The summed E-state index contributed by atoms with van der Waals surface area (Å²) in [5.74, 6) is 2.02. The molecule has 6 aromatic rings. The molecule has 0 unspecified atom stereocenters. The fraction of sp³-hybridized carbons (Fsp3) is 0.188. The third-order valence-electron chi connectivity index (χ3n) is 6.84. The number of fused-ring (bicyclic) bond motifs is 2. The first-order valence-corrected chi connectivity index (χ1v) is 12.5. The van der Waals surface area contributed by atoms with Crippen molar-refractivity contribution >= 4 is 22.1 Å². The fourth-order valence-corrected chi connectivity index (χ4v) is 5.18. The lowest BCUT2D eigenvalue weighted by Gasteiger charge is -2.21. The highest BCUT2D eigenvalue weighted by atomic mass is 15.1. The molecule has 178 valence electrons. The Morgan fingerprint density at radius 2 is 1.11 bits per heavy atom. The second kappa shape index (κ2) is 8.20. The Kier molecular flexibility index (Phi) is 5.08. The van der Waals surface area contributed by atoms with Crippen molar-refractivity contribution in [2.75, 3.05) is 0 Å². The van der Waals surface area contributed by atoms with Gasteiger partial charge in [0.15, 0.2) is 0 Å². The van der Waals surface area contributed by atoms with Gasteiger partial charge in [-0.1, -0.05) is 69.3 Å². The van der Waals surface area contributed by atoms with Crippen LogP contribution in [0.15, 0.2) is 91.0 Å². The van der Waals surface area contributed by atoms with E-state index >= 15 is 0 Å². The van der Waals surface area contributed by atoms with E-state index in [4.69, 9.17) is 9.97 Å². The van der Waals surface area contributed by atoms with E-state index in [2.05, 4.69) is 135 Å². The summed E-state index contributed by atoms with van der Waals surface area (Å²) in [5.41, 5.74) is 9.90. The molecular formula is C32H30N4. The first-order valence-electron chi connectivity index (χ1n) is 12.5. The van der Waals surface area contributed by atoms with Crippen molar-refractivity contribution in [3.63, 3.8) is 0 Å². The average molecular weight is 471 g/mol. The number of aromatic nitrogens is 4. The van der Waals surface area contributed by atoms with Gasteiger partial charge in [-0.05, 0) is 67.4 Å². The van der Waals surface area contributed by atoms with Crippen molar-refractivity contribution in [2.45, 2.75) is 40.0 Å². The molecular weight excluding hydrogens is 440 g/mol. The first-order chi connectivity index (χ1) is 17.3. The molecule has 36 heavy (non-hydrogen) atoms. The van der Waals surface area contributed by atoms with Crippen LogP contribution in [0.1, 0.15) is 37.7 Å². The zero-order chi connectivity index (χ0) is 25.0. The van der Waals surface area contributed by atoms with Gasteiger partial charge in [0.2, 0.25) is 0 Å². The molecule has 0 spiro atoms. The fourth-order valence-electron chi connectivity index (χ4n) is 5.18. The van der Waals surface area contributed by atoms with Gasteiger partial charge in [0, 0.05) is 22.4 Å². The second-order valence-corrected chi connectivity index (χ2v) is 10.6. The van der Waals surface area contributed by atoms with Crippen LogP contribution in [-0.2, 0) is 5.41 Å². The molecule has 0 aliphatic rings. The average Bonchev–Trinajstić information content (AvgIpc) is 3.43. The first kappa shape index (κ1) is 22.3. The molecule has 0 atom stereocenters. The van der Waals surface area contributed by atoms with Gasteiger partial charge >= 0.3 is 0 Å². The molecule has 0 saturated heterocycles. The Morgan fingerprint density at radius 3 is 1.75 bits per heavy atom. The van der Waals surface area contributed by atoms with Crippen LogP contribution in [0.2, 0.25) is 0 Å². The van der Waals surface area contributed by atoms with Crippen molar-refractivity contribution in [1.29, 1.82) is 0 Å². The van der Waals surface area contributed by atoms with E-state index < -0.39 is 0 Å². The number of para-hydroxylation sites is 4. The summed E-state index contributed by atoms with van der Waals surface area (Å²) in [6, 6.07) is 31.9. The van der Waals surface area contributed by atoms with E-state index in [1.54, 1.807) is 0 Å². The lowest BCUT2D eigenvalue weighted by atomic mass is 9.95. The normalized spacial score (nSPS) is 12.0. The van der Waals surface area contributed by atoms with E-state index in [-0.39, 0.29) is 5.41 Å². The van der Waals surface area contributed by atoms with Crippen molar-refractivity contribution in [3.8, 4) is 22.8 Å². The summed E-state index contributed by atoms with van der Waals surface area (Å²) < 4.78 is 4.60. The minimum Gasteiger partial charge on any atom is -0.296 e. The van der Waals surface area contributed by atoms with Crippen LogP contribution in [0, 0.1) is 13.8 Å². The van der Waals surface area contributed by atoms with Crippen LogP contribution in [-0.4, -0.2) is 19.1 Å². The van der Waals surface area contributed by atoms with Gasteiger partial charge in [0.1, 0.15) is 11.6 Å². The van der Waals surface area contributed by atoms with Gasteiger partial charge in [-0.25, -0.2) is 9.97 Å². The zero-order valence-corrected chi connectivity index (χ0v) is 21.4. The third-order valence-corrected chi connectivity index (χ3v) is 6.84. The highest BCUT2D eigenvalue weighted by molar-refractivity contribution is 5.85. The molecule has 4 heteroatoms. The number of rotatable bonds is 3. The predicted molar refractivity (Wildman–Crippen MR) is 149 cm³/mol. The summed E-state index contributed by atoms with van der Waals surface area (Å²) in [6.45, 7) is 11.0. The molecule has 0 aliphatic heterocycles. The Bertz CT molecular complexity index is 1720. The van der Waals surface area contributed by atoms with Crippen molar-refractivity contribution < 1.29 is 0 Å². The van der Waals surface area contributed by atoms with Crippen LogP contribution in [0.3, 0.4) is 0 Å². The van der Waals surface area contributed by atoms with Crippen molar-refractivity contribution in [2.24, 2.45) is 0 Å². The van der Waals surface area contributed by atoms with E-state index in [9.17, 15) is 0 Å². The lowest BCUT2D eigenvalue weighted by Crippen LogP contribution is -2.18. The lowest BCUT2D eigenvalue weighted by molar-refractivity contribution is 0.539. The van der Waals surface area contributed by atoms with Gasteiger partial charge in [0.25, 0.3) is 0 Å². The molecule has 4 aromatic carbocycles. The number of hydrogen-bond acceptors (Lipinski definition) is 2. The number of nitrogens with zero attached hydrogens (tertiary/aromatic N) is 4. The molecule has 0 radical (unpaired) electrons. The van der Waals surface area contributed by atoms with Gasteiger partial charge in [0.05, 0.1) is 22.1 Å². The standard InChI is InChI=1S/C32H30N4/c1-21-12-10-13-22(2)29(21)30-33-25-16-6-8-18-27(25)35(30)23-14-11-15-24(20-23)36-28-19-9-7-17-26(28)34-31(36)32(3,4)5/h6-20H,1-5H3. The molecule has 0 bridgehead atoms. The maximum atomic E-state index is 5.12. The monoisotopic (exact) mass is 470 g/mol. The SMILES string of the molecule is Cc1cccc(C)c1-c1nc2ccccc2n1-c1cccc(-n2c(C(C)(C)C)nc3ccccc32)c1.